The number of sulfonamides is 1. The molecule has 0 saturated heterocycles. The highest BCUT2D eigenvalue weighted by atomic mass is 32.2. The lowest BCUT2D eigenvalue weighted by Gasteiger charge is -2.17. The van der Waals surface area contributed by atoms with Gasteiger partial charge in [0.1, 0.15) is 0 Å². The zero-order valence-electron chi connectivity index (χ0n) is 13.4. The highest BCUT2D eigenvalue weighted by Gasteiger charge is 2.36. The smallest absolute Gasteiger partial charge is 0.402 e. The first-order valence-corrected chi connectivity index (χ1v) is 8.48. The Bertz CT molecular complexity index is 907. The third-order valence-electron chi connectivity index (χ3n) is 2.98. The average molecular weight is 415 g/mol. The van der Waals surface area contributed by atoms with Gasteiger partial charge in [-0.15, -0.1) is 26.3 Å². The Morgan fingerprint density at radius 2 is 1.33 bits per heavy atom. The van der Waals surface area contributed by atoms with Crippen molar-refractivity contribution in [3.63, 3.8) is 0 Å². The van der Waals surface area contributed by atoms with Crippen LogP contribution in [0.4, 0.5) is 32.0 Å². The Kier molecular flexibility index (Phi) is 5.50. The number of halogens is 6. The number of nitrogens with one attached hydrogen (secondary N) is 1. The molecule has 2 aromatic rings. The lowest BCUT2D eigenvalue weighted by molar-refractivity contribution is -0.287. The van der Waals surface area contributed by atoms with Crippen LogP contribution < -0.4 is 14.2 Å². The van der Waals surface area contributed by atoms with Crippen LogP contribution >= 0.6 is 0 Å². The predicted octanol–water partition coefficient (Wildman–Crippen LogP) is 4.59. The largest absolute Gasteiger partial charge is 0.573 e. The highest BCUT2D eigenvalue weighted by Crippen LogP contribution is 2.38. The SMILES string of the molecule is Cc1ccc(S(=O)(=O)Nc2ccc(OC(F)(F)F)c(OC(F)(F)F)c2)cc1. The van der Waals surface area contributed by atoms with Crippen LogP contribution in [-0.4, -0.2) is 21.1 Å². The highest BCUT2D eigenvalue weighted by molar-refractivity contribution is 7.92. The molecule has 0 heterocycles. The van der Waals surface area contributed by atoms with E-state index in [-0.39, 0.29) is 4.90 Å². The molecule has 148 valence electrons. The van der Waals surface area contributed by atoms with Crippen molar-refractivity contribution in [2.45, 2.75) is 24.5 Å². The summed E-state index contributed by atoms with van der Waals surface area (Å²) in [5.74, 6) is -2.64. The molecule has 2 rings (SSSR count). The minimum atomic E-state index is -5.32. The number of ether oxygens (including phenoxy) is 2. The van der Waals surface area contributed by atoms with Crippen LogP contribution in [0.5, 0.6) is 11.5 Å². The van der Waals surface area contributed by atoms with Gasteiger partial charge in [0.05, 0.1) is 10.6 Å². The van der Waals surface area contributed by atoms with Gasteiger partial charge in [0.25, 0.3) is 10.0 Å². The molecular formula is C15H11F6NO4S. The molecule has 2 aromatic carbocycles. The molecule has 0 aromatic heterocycles. The molecule has 0 saturated carbocycles. The number of benzene rings is 2. The summed E-state index contributed by atoms with van der Waals surface area (Å²) in [5.41, 5.74) is 0.313. The second-order valence-corrected chi connectivity index (χ2v) is 6.86. The number of rotatable bonds is 5. The molecule has 0 aliphatic heterocycles. The van der Waals surface area contributed by atoms with Gasteiger partial charge in [-0.05, 0) is 31.2 Å². The van der Waals surface area contributed by atoms with Crippen LogP contribution in [0.1, 0.15) is 5.56 Å². The summed E-state index contributed by atoms with van der Waals surface area (Å²) in [6.45, 7) is 1.71. The lowest BCUT2D eigenvalue weighted by Crippen LogP contribution is -2.21. The van der Waals surface area contributed by atoms with Gasteiger partial charge in [0.2, 0.25) is 0 Å². The van der Waals surface area contributed by atoms with E-state index < -0.39 is 39.9 Å². The third-order valence-corrected chi connectivity index (χ3v) is 4.38. The molecule has 0 radical (unpaired) electrons. The summed E-state index contributed by atoms with van der Waals surface area (Å²) in [5, 5.41) is 0. The van der Waals surface area contributed by atoms with Crippen molar-refractivity contribution < 1.29 is 44.2 Å². The fourth-order valence-electron chi connectivity index (χ4n) is 1.92. The van der Waals surface area contributed by atoms with E-state index in [4.69, 9.17) is 0 Å². The van der Waals surface area contributed by atoms with Crippen LogP contribution in [0.2, 0.25) is 0 Å². The van der Waals surface area contributed by atoms with Crippen LogP contribution in [-0.2, 0) is 10.0 Å². The van der Waals surface area contributed by atoms with Crippen LogP contribution in [0.15, 0.2) is 47.4 Å². The summed E-state index contributed by atoms with van der Waals surface area (Å²) in [6.07, 6.45) is -10.6. The quantitative estimate of drug-likeness (QED) is 0.726. The molecule has 0 fully saturated rings. The van der Waals surface area contributed by atoms with Gasteiger partial charge < -0.3 is 9.47 Å². The van der Waals surface area contributed by atoms with Crippen LogP contribution in [0, 0.1) is 6.92 Å². The maximum atomic E-state index is 12.4. The number of alkyl halides is 6. The van der Waals surface area contributed by atoms with E-state index in [0.29, 0.717) is 12.1 Å². The Labute approximate surface area is 149 Å². The summed E-state index contributed by atoms with van der Waals surface area (Å²) >= 11 is 0. The van der Waals surface area contributed by atoms with Gasteiger partial charge in [-0.25, -0.2) is 8.42 Å². The zero-order valence-corrected chi connectivity index (χ0v) is 14.2. The average Bonchev–Trinajstić information content (AvgIpc) is 2.47. The second kappa shape index (κ2) is 7.18. The second-order valence-electron chi connectivity index (χ2n) is 5.18. The van der Waals surface area contributed by atoms with Gasteiger partial charge in [-0.2, -0.15) is 0 Å². The van der Waals surface area contributed by atoms with Gasteiger partial charge in [-0.1, -0.05) is 17.7 Å². The molecule has 0 amide bonds. The third kappa shape index (κ3) is 6.24. The van der Waals surface area contributed by atoms with Crippen molar-refractivity contribution in [3.8, 4) is 11.5 Å². The van der Waals surface area contributed by atoms with E-state index >= 15 is 0 Å². The molecule has 0 spiro atoms. The molecule has 1 N–H and O–H groups in total. The molecule has 0 bridgehead atoms. The van der Waals surface area contributed by atoms with E-state index in [0.717, 1.165) is 11.6 Å². The van der Waals surface area contributed by atoms with Crippen molar-refractivity contribution in [2.75, 3.05) is 4.72 Å². The lowest BCUT2D eigenvalue weighted by atomic mass is 10.2. The molecule has 12 heteroatoms. The van der Waals surface area contributed by atoms with E-state index in [1.165, 1.54) is 24.3 Å². The Morgan fingerprint density at radius 1 is 0.815 bits per heavy atom. The molecule has 5 nitrogen and oxygen atoms in total. The first kappa shape index (κ1) is 20.7. The predicted molar refractivity (Wildman–Crippen MR) is 81.8 cm³/mol. The van der Waals surface area contributed by atoms with Crippen molar-refractivity contribution in [3.05, 3.63) is 48.0 Å². The summed E-state index contributed by atoms with van der Waals surface area (Å²) < 4.78 is 108. The van der Waals surface area contributed by atoms with Crippen LogP contribution in [0.25, 0.3) is 0 Å². The first-order valence-electron chi connectivity index (χ1n) is 7.00. The number of hydrogen-bond donors (Lipinski definition) is 1. The summed E-state index contributed by atoms with van der Waals surface area (Å²) in [4.78, 5) is -0.193. The number of anilines is 1. The monoisotopic (exact) mass is 415 g/mol. The zero-order chi connectivity index (χ0) is 20.5. The van der Waals surface area contributed by atoms with E-state index in [1.54, 1.807) is 6.92 Å². The van der Waals surface area contributed by atoms with Crippen LogP contribution in [0.3, 0.4) is 0 Å². The molecular weight excluding hydrogens is 404 g/mol. The van der Waals surface area contributed by atoms with E-state index in [9.17, 15) is 34.8 Å². The Hall–Kier alpha value is -2.63. The maximum Gasteiger partial charge on any atom is 0.573 e. The standard InChI is InChI=1S/C15H11F6NO4S/c1-9-2-5-11(6-3-9)27(23,24)22-10-4-7-12(25-14(16,17)18)13(8-10)26-15(19,20)21/h2-8,22H,1H3. The van der Waals surface area contributed by atoms with Gasteiger partial charge in [0, 0.05) is 6.07 Å². The molecule has 0 aliphatic rings. The number of hydrogen-bond acceptors (Lipinski definition) is 4. The maximum absolute atomic E-state index is 12.4. The normalized spacial score (nSPS) is 12.6. The van der Waals surface area contributed by atoms with Gasteiger partial charge >= 0.3 is 12.7 Å². The Morgan fingerprint density at radius 3 is 1.85 bits per heavy atom. The summed E-state index contributed by atoms with van der Waals surface area (Å²) in [7, 11) is -4.19. The fourth-order valence-corrected chi connectivity index (χ4v) is 2.97. The minimum absolute atomic E-state index is 0.193. The first-order chi connectivity index (χ1) is 12.3. The molecule has 0 aliphatic carbocycles. The molecule has 0 atom stereocenters. The van der Waals surface area contributed by atoms with Crippen molar-refractivity contribution in [1.29, 1.82) is 0 Å². The van der Waals surface area contributed by atoms with E-state index in [1.807, 2.05) is 4.72 Å². The minimum Gasteiger partial charge on any atom is -0.402 e. The van der Waals surface area contributed by atoms with Crippen molar-refractivity contribution >= 4 is 15.7 Å². The van der Waals surface area contributed by atoms with Crippen molar-refractivity contribution in [1.82, 2.24) is 0 Å². The molecule has 0 unspecified atom stereocenters. The topological polar surface area (TPSA) is 64.6 Å². The fraction of sp³-hybridized carbons (Fsp3) is 0.200. The number of aryl methyl sites for hydroxylation is 1. The summed E-state index contributed by atoms with van der Waals surface area (Å²) in [6, 6.07) is 7.23. The Balaban J connectivity index is 2.37. The van der Waals surface area contributed by atoms with E-state index in [2.05, 4.69) is 9.47 Å². The van der Waals surface area contributed by atoms with Crippen molar-refractivity contribution in [2.24, 2.45) is 0 Å². The molecule has 27 heavy (non-hydrogen) atoms. The van der Waals surface area contributed by atoms with Gasteiger partial charge in [0.15, 0.2) is 11.5 Å². The van der Waals surface area contributed by atoms with Gasteiger partial charge in [-0.3, -0.25) is 4.72 Å².